The van der Waals surface area contributed by atoms with Crippen LogP contribution in [0.25, 0.3) is 0 Å². The average Bonchev–Trinajstić information content (AvgIpc) is 3.17. The number of hydrogen-bond acceptors (Lipinski definition) is 8. The van der Waals surface area contributed by atoms with E-state index >= 15 is 0 Å². The van der Waals surface area contributed by atoms with Gasteiger partial charge in [-0.2, -0.15) is 0 Å². The van der Waals surface area contributed by atoms with Gasteiger partial charge in [-0.3, -0.25) is 14.2 Å². The molecule has 0 amide bonds. The number of ether oxygens (including phenoxy) is 2. The molecule has 0 aromatic carbocycles. The lowest BCUT2D eigenvalue weighted by Crippen LogP contribution is -2.37. The summed E-state index contributed by atoms with van der Waals surface area (Å²) in [6.07, 6.45) is 50.3. The molecule has 0 aromatic rings. The van der Waals surface area contributed by atoms with Crippen molar-refractivity contribution in [1.82, 2.24) is 0 Å². The molecule has 0 aliphatic rings. The smallest absolute Gasteiger partial charge is 0.306 e. The summed E-state index contributed by atoms with van der Waals surface area (Å²) in [5, 5.41) is 0. The summed E-state index contributed by atoms with van der Waals surface area (Å²) in [5.41, 5.74) is 0. The normalized spacial score (nSPS) is 14.4. The number of phosphoric acid groups is 1. The van der Waals surface area contributed by atoms with Crippen molar-refractivity contribution in [1.29, 1.82) is 0 Å². The lowest BCUT2D eigenvalue weighted by atomic mass is 10.1. The van der Waals surface area contributed by atoms with Crippen LogP contribution in [0.2, 0.25) is 0 Å². The zero-order chi connectivity index (χ0) is 42.8. The number of hydrogen-bond donors (Lipinski definition) is 0. The van der Waals surface area contributed by atoms with Gasteiger partial charge in [0, 0.05) is 12.8 Å². The lowest BCUT2D eigenvalue weighted by molar-refractivity contribution is -0.870. The van der Waals surface area contributed by atoms with E-state index in [2.05, 4.69) is 98.9 Å². The fourth-order valence-corrected chi connectivity index (χ4v) is 6.21. The fourth-order valence-electron chi connectivity index (χ4n) is 5.48. The van der Waals surface area contributed by atoms with E-state index in [1.807, 2.05) is 21.1 Å². The predicted molar refractivity (Wildman–Crippen MR) is 240 cm³/mol. The minimum Gasteiger partial charge on any atom is -0.756 e. The number of unbranched alkanes of at least 4 members (excludes halogenated alkanes) is 11. The fraction of sp³-hybridized carbons (Fsp3) is 0.667. The van der Waals surface area contributed by atoms with E-state index < -0.39 is 32.5 Å². The van der Waals surface area contributed by atoms with E-state index in [1.165, 1.54) is 0 Å². The van der Waals surface area contributed by atoms with Gasteiger partial charge in [0.05, 0.1) is 27.7 Å². The molecule has 0 N–H and O–H groups in total. The van der Waals surface area contributed by atoms with Crippen LogP contribution in [0.3, 0.4) is 0 Å². The van der Waals surface area contributed by atoms with Gasteiger partial charge >= 0.3 is 11.9 Å². The van der Waals surface area contributed by atoms with Crippen LogP contribution in [0.1, 0.15) is 155 Å². The van der Waals surface area contributed by atoms with Crippen molar-refractivity contribution < 1.29 is 42.1 Å². The molecule has 0 saturated carbocycles. The predicted octanol–water partition coefficient (Wildman–Crippen LogP) is 12.2. The summed E-state index contributed by atoms with van der Waals surface area (Å²) in [7, 11) is 1.13. The topological polar surface area (TPSA) is 111 Å². The highest BCUT2D eigenvalue weighted by molar-refractivity contribution is 7.45. The first kappa shape index (κ1) is 55.2. The van der Waals surface area contributed by atoms with Gasteiger partial charge in [0.1, 0.15) is 19.8 Å². The zero-order valence-corrected chi connectivity index (χ0v) is 38.1. The summed E-state index contributed by atoms with van der Waals surface area (Å²) in [6, 6.07) is 0. The molecule has 58 heavy (non-hydrogen) atoms. The van der Waals surface area contributed by atoms with Crippen molar-refractivity contribution in [2.45, 2.75) is 161 Å². The van der Waals surface area contributed by atoms with Crippen molar-refractivity contribution in [2.75, 3.05) is 47.5 Å². The maximum atomic E-state index is 12.7. The van der Waals surface area contributed by atoms with Crippen LogP contribution >= 0.6 is 7.82 Å². The van der Waals surface area contributed by atoms with Crippen molar-refractivity contribution >= 4 is 19.8 Å². The van der Waals surface area contributed by atoms with Crippen LogP contribution in [0, 0.1) is 0 Å². The van der Waals surface area contributed by atoms with Crippen molar-refractivity contribution in [2.24, 2.45) is 0 Å². The number of phosphoric ester groups is 1. The van der Waals surface area contributed by atoms with Crippen LogP contribution in [0.15, 0.2) is 85.1 Å². The SMILES string of the molecule is CC/C=C\C/C=C\C/C=C\C/C=C\CCCCCCCCC(=O)OC(COC(=O)CCCCCCC/C=C\C/C=C\C/C=C\CC)COP(=O)([O-])OCC[N+](C)(C)C. The number of rotatable bonds is 39. The quantitative estimate of drug-likeness (QED) is 0.0198. The highest BCUT2D eigenvalue weighted by atomic mass is 31.2. The number of allylic oxidation sites excluding steroid dienone is 14. The molecule has 0 heterocycles. The highest BCUT2D eigenvalue weighted by Crippen LogP contribution is 2.38. The Labute approximate surface area is 354 Å². The summed E-state index contributed by atoms with van der Waals surface area (Å²) in [4.78, 5) is 37.6. The zero-order valence-electron chi connectivity index (χ0n) is 37.2. The van der Waals surface area contributed by atoms with Crippen LogP contribution < -0.4 is 4.89 Å². The maximum Gasteiger partial charge on any atom is 0.306 e. The van der Waals surface area contributed by atoms with Gasteiger partial charge < -0.3 is 27.9 Å². The summed E-state index contributed by atoms with van der Waals surface area (Å²) >= 11 is 0. The van der Waals surface area contributed by atoms with Gasteiger partial charge in [0.25, 0.3) is 7.82 Å². The summed E-state index contributed by atoms with van der Waals surface area (Å²) < 4.78 is 33.9. The molecule has 0 rings (SSSR count). The number of esters is 2. The van der Waals surface area contributed by atoms with Crippen LogP contribution in [0.5, 0.6) is 0 Å². The van der Waals surface area contributed by atoms with E-state index in [0.717, 1.165) is 116 Å². The molecule has 0 saturated heterocycles. The number of likely N-dealkylation sites (N-methyl/N-ethyl adjacent to an activating group) is 1. The highest BCUT2D eigenvalue weighted by Gasteiger charge is 2.21. The van der Waals surface area contributed by atoms with Gasteiger partial charge in [-0.1, -0.05) is 144 Å². The minimum atomic E-state index is -4.64. The molecule has 0 aliphatic carbocycles. The summed E-state index contributed by atoms with van der Waals surface area (Å²) in [6.45, 7) is 3.94. The van der Waals surface area contributed by atoms with Crippen molar-refractivity contribution in [3.8, 4) is 0 Å². The first-order valence-corrected chi connectivity index (χ1v) is 23.8. The number of carbonyl (C=O) groups is 2. The minimum absolute atomic E-state index is 0.0418. The van der Waals surface area contributed by atoms with Gasteiger partial charge in [0.15, 0.2) is 6.10 Å². The molecule has 0 bridgehead atoms. The van der Waals surface area contributed by atoms with E-state index in [-0.39, 0.29) is 26.1 Å². The third-order valence-corrected chi connectivity index (χ3v) is 9.87. The largest absolute Gasteiger partial charge is 0.756 e. The van der Waals surface area contributed by atoms with Crippen molar-refractivity contribution in [3.05, 3.63) is 85.1 Å². The van der Waals surface area contributed by atoms with Gasteiger partial charge in [0.2, 0.25) is 0 Å². The van der Waals surface area contributed by atoms with Crippen LogP contribution in [0.4, 0.5) is 0 Å². The Morgan fingerprint density at radius 2 is 0.931 bits per heavy atom. The molecule has 0 aliphatic heterocycles. The first-order chi connectivity index (χ1) is 28.0. The Balaban J connectivity index is 4.42. The third-order valence-electron chi connectivity index (χ3n) is 8.91. The van der Waals surface area contributed by atoms with E-state index in [0.29, 0.717) is 23.9 Å². The molecule has 2 atom stereocenters. The third kappa shape index (κ3) is 42.8. The Morgan fingerprint density at radius 1 is 0.534 bits per heavy atom. The van der Waals surface area contributed by atoms with E-state index in [4.69, 9.17) is 18.5 Å². The van der Waals surface area contributed by atoms with Crippen LogP contribution in [-0.4, -0.2) is 70.0 Å². The Kier molecular flexibility index (Phi) is 37.7. The second-order valence-corrected chi connectivity index (χ2v) is 17.1. The first-order valence-electron chi connectivity index (χ1n) is 22.3. The maximum absolute atomic E-state index is 12.7. The molecule has 332 valence electrons. The van der Waals surface area contributed by atoms with Crippen molar-refractivity contribution in [3.63, 3.8) is 0 Å². The molecule has 2 unspecified atom stereocenters. The standard InChI is InChI=1S/C48H82NO8P/c1-6-8-10-12-14-16-18-20-22-23-24-25-27-29-31-33-35-37-39-41-48(51)57-46(45-56-58(52,53)55-43-42-49(3,4)5)44-54-47(50)40-38-36-34-32-30-28-26-21-19-17-15-13-11-9-7-2/h8-11,14-17,20-22,24-26,46H,6-7,12-13,18-19,23,27-45H2,1-5H3/b10-8-,11-9-,16-14-,17-15-,22-20-,25-24-,26-21-. The number of quaternary nitrogens is 1. The lowest BCUT2D eigenvalue weighted by Gasteiger charge is -2.28. The molecule has 0 fully saturated rings. The number of nitrogens with zero attached hydrogens (tertiary/aromatic N) is 1. The second-order valence-electron chi connectivity index (χ2n) is 15.6. The Morgan fingerprint density at radius 3 is 1.38 bits per heavy atom. The molecule has 10 heteroatoms. The van der Waals surface area contributed by atoms with Gasteiger partial charge in [-0.15, -0.1) is 0 Å². The molecule has 0 radical (unpaired) electrons. The Hall–Kier alpha value is -2.81. The molecular weight excluding hydrogens is 750 g/mol. The Bertz CT molecular complexity index is 1260. The monoisotopic (exact) mass is 832 g/mol. The molecule has 9 nitrogen and oxygen atoms in total. The molecule has 0 aromatic heterocycles. The second kappa shape index (κ2) is 39.6. The van der Waals surface area contributed by atoms with Crippen LogP contribution in [-0.2, 0) is 32.7 Å². The van der Waals surface area contributed by atoms with Gasteiger partial charge in [-0.05, 0) is 83.5 Å². The number of carbonyl (C=O) groups excluding carboxylic acids is 2. The molecule has 0 spiro atoms. The van der Waals surface area contributed by atoms with E-state index in [1.54, 1.807) is 0 Å². The molecular formula is C48H82NO8P. The van der Waals surface area contributed by atoms with E-state index in [9.17, 15) is 19.0 Å². The average molecular weight is 832 g/mol. The summed E-state index contributed by atoms with van der Waals surface area (Å²) in [5.74, 6) is -0.879. The van der Waals surface area contributed by atoms with Gasteiger partial charge in [-0.25, -0.2) is 0 Å².